The molecule has 10 heteroatoms. The highest BCUT2D eigenvalue weighted by Crippen LogP contribution is 2.38. The Morgan fingerprint density at radius 2 is 2.07 bits per heavy atom. The van der Waals surface area contributed by atoms with Crippen molar-refractivity contribution >= 4 is 61.9 Å². The Balaban J connectivity index is 1.66. The van der Waals surface area contributed by atoms with Gasteiger partial charge in [0, 0.05) is 19.1 Å². The van der Waals surface area contributed by atoms with E-state index in [9.17, 15) is 0 Å². The highest BCUT2D eigenvalue weighted by Gasteiger charge is 2.18. The Bertz CT molecular complexity index is 1140. The van der Waals surface area contributed by atoms with Crippen LogP contribution < -0.4 is 11.1 Å². The molecule has 4 rings (SSSR count). The number of aromatic nitrogens is 5. The molecule has 1 aromatic carbocycles. The van der Waals surface area contributed by atoms with Crippen LogP contribution in [0.25, 0.3) is 21.4 Å². The van der Waals surface area contributed by atoms with Crippen molar-refractivity contribution in [3.8, 4) is 0 Å². The van der Waals surface area contributed by atoms with Gasteiger partial charge in [0.2, 0.25) is 0 Å². The molecule has 0 bridgehead atoms. The van der Waals surface area contributed by atoms with Crippen molar-refractivity contribution in [2.75, 3.05) is 12.3 Å². The van der Waals surface area contributed by atoms with Crippen LogP contribution in [-0.2, 0) is 6.54 Å². The third-order valence-electron chi connectivity index (χ3n) is 4.81. The fraction of sp³-hybridized carbons (Fsp3) is 0.368. The van der Waals surface area contributed by atoms with Crippen LogP contribution in [0.4, 0.5) is 5.82 Å². The van der Waals surface area contributed by atoms with E-state index >= 15 is 0 Å². The molecule has 3 aromatic heterocycles. The minimum Gasteiger partial charge on any atom is -0.382 e. The Morgan fingerprint density at radius 3 is 2.83 bits per heavy atom. The zero-order valence-corrected chi connectivity index (χ0v) is 18.6. The zero-order chi connectivity index (χ0) is 20.4. The Kier molecular flexibility index (Phi) is 6.19. The molecule has 0 aliphatic heterocycles. The van der Waals surface area contributed by atoms with Crippen molar-refractivity contribution in [3.05, 3.63) is 29.5 Å². The second-order valence-corrected chi connectivity index (χ2v) is 9.24. The minimum atomic E-state index is 0.385. The smallest absolute Gasteiger partial charge is 0.177 e. The summed E-state index contributed by atoms with van der Waals surface area (Å²) in [6.07, 6.45) is 3.69. The lowest BCUT2D eigenvalue weighted by Crippen LogP contribution is -2.30. The highest BCUT2D eigenvalue weighted by molar-refractivity contribution is 8.01. The van der Waals surface area contributed by atoms with Crippen LogP contribution in [0.15, 0.2) is 34.0 Å². The molecule has 0 unspecified atom stereocenters. The quantitative estimate of drug-likeness (QED) is 0.407. The van der Waals surface area contributed by atoms with Gasteiger partial charge in [-0.2, -0.15) is 0 Å². The third kappa shape index (κ3) is 4.18. The third-order valence-corrected chi connectivity index (χ3v) is 7.39. The van der Waals surface area contributed by atoms with Crippen molar-refractivity contribution < 1.29 is 0 Å². The Morgan fingerprint density at radius 1 is 1.24 bits per heavy atom. The van der Waals surface area contributed by atoms with Crippen LogP contribution in [0.3, 0.4) is 0 Å². The van der Waals surface area contributed by atoms with Crippen molar-refractivity contribution in [1.29, 1.82) is 0 Å². The van der Waals surface area contributed by atoms with Crippen molar-refractivity contribution in [1.82, 2.24) is 29.8 Å². The number of thiazole rings is 1. The molecule has 7 nitrogen and oxygen atoms in total. The van der Waals surface area contributed by atoms with Gasteiger partial charge >= 0.3 is 0 Å². The largest absolute Gasteiger partial charge is 0.382 e. The molecule has 3 N–H and O–H groups in total. The normalized spacial score (nSPS) is 11.9. The van der Waals surface area contributed by atoms with E-state index in [1.54, 1.807) is 11.3 Å². The maximum Gasteiger partial charge on any atom is 0.177 e. The number of benzene rings is 1. The number of fused-ring (bicyclic) bond motifs is 2. The molecule has 0 fully saturated rings. The second-order valence-electron chi connectivity index (χ2n) is 6.61. The maximum atomic E-state index is 6.31. The second kappa shape index (κ2) is 8.83. The summed E-state index contributed by atoms with van der Waals surface area (Å²) < 4.78 is 3.94. The fourth-order valence-electron chi connectivity index (χ4n) is 3.19. The number of imidazole rings is 1. The molecule has 29 heavy (non-hydrogen) atoms. The van der Waals surface area contributed by atoms with Crippen LogP contribution in [-0.4, -0.2) is 37.1 Å². The molecule has 4 aromatic rings. The molecule has 0 saturated carbocycles. The first-order valence-corrected chi connectivity index (χ1v) is 11.5. The van der Waals surface area contributed by atoms with Gasteiger partial charge < -0.3 is 15.6 Å². The number of nitrogens with two attached hydrogens (primary N) is 1. The predicted molar refractivity (Wildman–Crippen MR) is 121 cm³/mol. The average molecular weight is 448 g/mol. The van der Waals surface area contributed by atoms with Gasteiger partial charge in [-0.3, -0.25) is 0 Å². The van der Waals surface area contributed by atoms with E-state index in [4.69, 9.17) is 27.3 Å². The maximum absolute atomic E-state index is 6.31. The van der Waals surface area contributed by atoms with E-state index in [1.165, 1.54) is 18.1 Å². The fourth-order valence-corrected chi connectivity index (χ4v) is 5.54. The summed E-state index contributed by atoms with van der Waals surface area (Å²) in [6.45, 7) is 5.95. The highest BCUT2D eigenvalue weighted by atomic mass is 35.5. The molecule has 0 spiro atoms. The molecule has 0 aliphatic carbocycles. The van der Waals surface area contributed by atoms with Gasteiger partial charge in [0.25, 0.3) is 0 Å². The van der Waals surface area contributed by atoms with Gasteiger partial charge in [0.15, 0.2) is 26.5 Å². The molecule has 3 heterocycles. The molecular formula is C19H22ClN7S2. The molecular weight excluding hydrogens is 426 g/mol. The molecule has 152 valence electrons. The number of hydrogen-bond acceptors (Lipinski definition) is 8. The first-order chi connectivity index (χ1) is 14.1. The molecule has 0 saturated heterocycles. The van der Waals surface area contributed by atoms with Crippen molar-refractivity contribution in [2.45, 2.75) is 48.8 Å². The van der Waals surface area contributed by atoms with E-state index in [0.717, 1.165) is 51.3 Å². The van der Waals surface area contributed by atoms with Crippen LogP contribution in [0.2, 0.25) is 5.02 Å². The minimum absolute atomic E-state index is 0.385. The standard InChI is InChI=1S/C19H22ClN7S2/c1-3-11(4-2)22-8-9-27-17-14(16(21)23-10-24-17)26-18(27)29-19-25-13-7-5-6-12(20)15(13)28-19/h5-7,10-11,22H,3-4,8-9H2,1-2H3,(H2,21,23,24). The van der Waals surface area contributed by atoms with Crippen LogP contribution in [0.1, 0.15) is 26.7 Å². The van der Waals surface area contributed by atoms with Crippen LogP contribution in [0, 0.1) is 0 Å². The lowest BCUT2D eigenvalue weighted by atomic mass is 10.2. The van der Waals surface area contributed by atoms with E-state index < -0.39 is 0 Å². The molecule has 0 amide bonds. The van der Waals surface area contributed by atoms with E-state index in [-0.39, 0.29) is 0 Å². The summed E-state index contributed by atoms with van der Waals surface area (Å²) in [7, 11) is 0. The monoisotopic (exact) mass is 447 g/mol. The summed E-state index contributed by atoms with van der Waals surface area (Å²) in [4.78, 5) is 17.9. The molecule has 0 aliphatic rings. The number of nitrogens with one attached hydrogen (secondary N) is 1. The van der Waals surface area contributed by atoms with Gasteiger partial charge in [-0.05, 0) is 36.7 Å². The van der Waals surface area contributed by atoms with Gasteiger partial charge in [-0.25, -0.2) is 19.9 Å². The molecule has 0 atom stereocenters. The zero-order valence-electron chi connectivity index (χ0n) is 16.2. The number of anilines is 1. The Hall–Kier alpha value is -1.94. The lowest BCUT2D eigenvalue weighted by molar-refractivity contribution is 0.460. The number of halogens is 1. The van der Waals surface area contributed by atoms with Gasteiger partial charge in [-0.15, -0.1) is 11.3 Å². The first-order valence-electron chi connectivity index (χ1n) is 9.53. The predicted octanol–water partition coefficient (Wildman–Crippen LogP) is 4.60. The SMILES string of the molecule is CCC(CC)NCCn1c(Sc2nc3cccc(Cl)c3s2)nc2c(N)ncnc21. The first kappa shape index (κ1) is 20.3. The van der Waals surface area contributed by atoms with Crippen molar-refractivity contribution in [2.24, 2.45) is 0 Å². The van der Waals surface area contributed by atoms with E-state index in [1.807, 2.05) is 18.2 Å². The van der Waals surface area contributed by atoms with E-state index in [0.29, 0.717) is 22.4 Å². The average Bonchev–Trinajstić information content (AvgIpc) is 3.29. The number of rotatable bonds is 8. The van der Waals surface area contributed by atoms with Crippen LogP contribution >= 0.6 is 34.7 Å². The number of nitrogen functional groups attached to an aromatic ring is 1. The lowest BCUT2D eigenvalue weighted by Gasteiger charge is -2.15. The van der Waals surface area contributed by atoms with Crippen LogP contribution in [0.5, 0.6) is 0 Å². The molecule has 0 radical (unpaired) electrons. The van der Waals surface area contributed by atoms with Gasteiger partial charge in [0.1, 0.15) is 6.33 Å². The summed E-state index contributed by atoms with van der Waals surface area (Å²) >= 11 is 9.38. The topological polar surface area (TPSA) is 94.5 Å². The summed E-state index contributed by atoms with van der Waals surface area (Å²) in [5, 5.41) is 5.11. The van der Waals surface area contributed by atoms with E-state index in [2.05, 4.69) is 33.7 Å². The van der Waals surface area contributed by atoms with Crippen molar-refractivity contribution in [3.63, 3.8) is 0 Å². The van der Waals surface area contributed by atoms with Gasteiger partial charge in [0.05, 0.1) is 15.2 Å². The van der Waals surface area contributed by atoms with Gasteiger partial charge in [-0.1, -0.05) is 31.5 Å². The Labute approximate surface area is 182 Å². The number of nitrogens with zero attached hydrogens (tertiary/aromatic N) is 5. The summed E-state index contributed by atoms with van der Waals surface area (Å²) in [5.41, 5.74) is 8.30. The number of hydrogen-bond donors (Lipinski definition) is 2. The summed E-state index contributed by atoms with van der Waals surface area (Å²) in [5.74, 6) is 0.385. The summed E-state index contributed by atoms with van der Waals surface area (Å²) in [6, 6.07) is 6.26.